The summed E-state index contributed by atoms with van der Waals surface area (Å²) >= 11 is 0. The van der Waals surface area contributed by atoms with Crippen LogP contribution in [0.1, 0.15) is 49.8 Å². The molecule has 154 valence electrons. The fraction of sp³-hybridized carbons (Fsp3) is 0.545. The zero-order valence-electron chi connectivity index (χ0n) is 17.8. The van der Waals surface area contributed by atoms with Gasteiger partial charge in [-0.25, -0.2) is 4.99 Å². The maximum absolute atomic E-state index is 5.44. The van der Waals surface area contributed by atoms with Crippen LogP contribution in [0, 0.1) is 0 Å². The van der Waals surface area contributed by atoms with Gasteiger partial charge in [0.05, 0.1) is 12.2 Å². The number of benzene rings is 1. The Kier molecular flexibility index (Phi) is 9.55. The lowest BCUT2D eigenvalue weighted by molar-refractivity contribution is 0.322. The number of nitrogens with zero attached hydrogens (tertiary/aromatic N) is 3. The molecule has 6 nitrogen and oxygen atoms in total. The first-order valence-electron chi connectivity index (χ1n) is 10.4. The summed E-state index contributed by atoms with van der Waals surface area (Å²) in [7, 11) is 2.16. The predicted octanol–water partition coefficient (Wildman–Crippen LogP) is 3.38. The fourth-order valence-electron chi connectivity index (χ4n) is 3.15. The number of nitrogens with one attached hydrogen (secondary N) is 2. The van der Waals surface area contributed by atoms with Gasteiger partial charge in [-0.05, 0) is 38.9 Å². The van der Waals surface area contributed by atoms with Crippen LogP contribution in [-0.4, -0.2) is 42.7 Å². The van der Waals surface area contributed by atoms with E-state index in [-0.39, 0.29) is 0 Å². The van der Waals surface area contributed by atoms with Gasteiger partial charge in [-0.15, -0.1) is 0 Å². The highest BCUT2D eigenvalue weighted by molar-refractivity contribution is 5.79. The minimum absolute atomic E-state index is 0.596. The quantitative estimate of drug-likeness (QED) is 0.353. The number of aromatic nitrogens is 1. The van der Waals surface area contributed by atoms with Crippen molar-refractivity contribution < 1.29 is 4.52 Å². The lowest BCUT2D eigenvalue weighted by Crippen LogP contribution is -2.38. The number of aliphatic imine (C=N–C) groups is 1. The molecule has 2 N–H and O–H groups in total. The summed E-state index contributed by atoms with van der Waals surface area (Å²) in [6, 6.07) is 10.6. The monoisotopic (exact) mass is 385 g/mol. The predicted molar refractivity (Wildman–Crippen MR) is 115 cm³/mol. The Morgan fingerprint density at radius 3 is 2.57 bits per heavy atom. The van der Waals surface area contributed by atoms with Gasteiger partial charge >= 0.3 is 0 Å². The van der Waals surface area contributed by atoms with E-state index < -0.39 is 0 Å². The van der Waals surface area contributed by atoms with Gasteiger partial charge in [-0.1, -0.05) is 49.3 Å². The lowest BCUT2D eigenvalue weighted by Gasteiger charge is -2.17. The van der Waals surface area contributed by atoms with E-state index in [1.165, 1.54) is 5.56 Å². The summed E-state index contributed by atoms with van der Waals surface area (Å²) in [5.74, 6) is 1.79. The molecule has 28 heavy (non-hydrogen) atoms. The van der Waals surface area contributed by atoms with Crippen molar-refractivity contribution in [3.05, 3.63) is 52.9 Å². The molecule has 0 aliphatic carbocycles. The summed E-state index contributed by atoms with van der Waals surface area (Å²) in [5.41, 5.74) is 3.49. The Balaban J connectivity index is 1.80. The van der Waals surface area contributed by atoms with Gasteiger partial charge < -0.3 is 20.1 Å². The molecular formula is C22H35N5O. The highest BCUT2D eigenvalue weighted by Gasteiger charge is 2.13. The van der Waals surface area contributed by atoms with E-state index in [2.05, 4.69) is 78.8 Å². The minimum Gasteiger partial charge on any atom is -0.361 e. The first-order valence-corrected chi connectivity index (χ1v) is 10.4. The van der Waals surface area contributed by atoms with Gasteiger partial charge in [0.15, 0.2) is 5.96 Å². The van der Waals surface area contributed by atoms with E-state index in [0.29, 0.717) is 6.54 Å². The van der Waals surface area contributed by atoms with Crippen molar-refractivity contribution in [3.8, 4) is 0 Å². The molecule has 0 radical (unpaired) electrons. The molecule has 0 saturated carbocycles. The second-order valence-corrected chi connectivity index (χ2v) is 6.94. The molecule has 0 aliphatic rings. The fourth-order valence-corrected chi connectivity index (χ4v) is 3.15. The van der Waals surface area contributed by atoms with Crippen LogP contribution < -0.4 is 10.6 Å². The summed E-state index contributed by atoms with van der Waals surface area (Å²) < 4.78 is 5.44. The summed E-state index contributed by atoms with van der Waals surface area (Å²) in [6.45, 7) is 10.6. The topological polar surface area (TPSA) is 65.7 Å². The number of hydrogen-bond acceptors (Lipinski definition) is 4. The molecular weight excluding hydrogens is 350 g/mol. The molecule has 0 bridgehead atoms. The van der Waals surface area contributed by atoms with Gasteiger partial charge in [0.2, 0.25) is 0 Å². The van der Waals surface area contributed by atoms with Gasteiger partial charge in [0.1, 0.15) is 5.76 Å². The van der Waals surface area contributed by atoms with Crippen LogP contribution in [0.4, 0.5) is 0 Å². The van der Waals surface area contributed by atoms with E-state index in [4.69, 9.17) is 9.52 Å². The third-order valence-corrected chi connectivity index (χ3v) is 4.65. The van der Waals surface area contributed by atoms with E-state index in [1.807, 2.05) is 0 Å². The Morgan fingerprint density at radius 2 is 1.89 bits per heavy atom. The van der Waals surface area contributed by atoms with Crippen LogP contribution in [0.15, 0.2) is 39.8 Å². The molecule has 0 atom stereocenters. The van der Waals surface area contributed by atoms with Crippen LogP contribution in [0.25, 0.3) is 0 Å². The van der Waals surface area contributed by atoms with Crippen molar-refractivity contribution in [2.45, 2.75) is 53.1 Å². The van der Waals surface area contributed by atoms with E-state index in [1.54, 1.807) is 0 Å². The number of hydrogen-bond donors (Lipinski definition) is 2. The molecule has 0 aliphatic heterocycles. The van der Waals surface area contributed by atoms with E-state index >= 15 is 0 Å². The molecule has 2 rings (SSSR count). The Morgan fingerprint density at radius 1 is 1.11 bits per heavy atom. The summed E-state index contributed by atoms with van der Waals surface area (Å²) in [4.78, 5) is 7.08. The third-order valence-electron chi connectivity index (χ3n) is 4.65. The van der Waals surface area contributed by atoms with Gasteiger partial charge in [-0.3, -0.25) is 0 Å². The summed E-state index contributed by atoms with van der Waals surface area (Å²) in [6.07, 6.45) is 2.77. The van der Waals surface area contributed by atoms with Crippen molar-refractivity contribution in [2.75, 3.05) is 26.7 Å². The molecule has 0 saturated heterocycles. The lowest BCUT2D eigenvalue weighted by atomic mass is 10.1. The maximum Gasteiger partial charge on any atom is 0.191 e. The molecule has 0 amide bonds. The Bertz CT molecular complexity index is 689. The first kappa shape index (κ1) is 22.0. The number of rotatable bonds is 11. The molecule has 2 aromatic rings. The smallest absolute Gasteiger partial charge is 0.191 e. The SMILES string of the molecule is CCNC(=NCc1c(CC)noc1CC)NCCCN(C)Cc1ccccc1. The zero-order valence-corrected chi connectivity index (χ0v) is 17.8. The van der Waals surface area contributed by atoms with Crippen LogP contribution in [0.2, 0.25) is 0 Å². The molecule has 1 heterocycles. The van der Waals surface area contributed by atoms with Crippen molar-refractivity contribution in [1.29, 1.82) is 0 Å². The molecule has 1 aromatic carbocycles. The standard InChI is InChI=1S/C22H35N5O/c1-5-20-19(21(6-2)28-26-20)16-25-22(23-7-3)24-14-11-15-27(4)17-18-12-9-8-10-13-18/h8-10,12-13H,5-7,11,14-17H2,1-4H3,(H2,23,24,25). The molecule has 0 unspecified atom stereocenters. The van der Waals surface area contributed by atoms with Gasteiger partial charge in [-0.2, -0.15) is 0 Å². The average molecular weight is 386 g/mol. The van der Waals surface area contributed by atoms with Crippen molar-refractivity contribution in [1.82, 2.24) is 20.7 Å². The molecule has 0 spiro atoms. The minimum atomic E-state index is 0.596. The Hall–Kier alpha value is -2.34. The highest BCUT2D eigenvalue weighted by atomic mass is 16.5. The average Bonchev–Trinajstić information content (AvgIpc) is 3.12. The van der Waals surface area contributed by atoms with Crippen LogP contribution in [0.3, 0.4) is 0 Å². The Labute approximate surface area is 169 Å². The van der Waals surface area contributed by atoms with Crippen LogP contribution >= 0.6 is 0 Å². The molecule has 6 heteroatoms. The van der Waals surface area contributed by atoms with E-state index in [9.17, 15) is 0 Å². The molecule has 0 fully saturated rings. The van der Waals surface area contributed by atoms with Crippen LogP contribution in [-0.2, 0) is 25.9 Å². The second kappa shape index (κ2) is 12.2. The highest BCUT2D eigenvalue weighted by Crippen LogP contribution is 2.16. The van der Waals surface area contributed by atoms with Crippen molar-refractivity contribution in [2.24, 2.45) is 4.99 Å². The van der Waals surface area contributed by atoms with E-state index in [0.717, 1.165) is 68.4 Å². The second-order valence-electron chi connectivity index (χ2n) is 6.94. The zero-order chi connectivity index (χ0) is 20.2. The third kappa shape index (κ3) is 7.00. The number of aryl methyl sites for hydroxylation is 2. The van der Waals surface area contributed by atoms with Gasteiger partial charge in [0, 0.05) is 31.6 Å². The molecule has 1 aromatic heterocycles. The largest absolute Gasteiger partial charge is 0.361 e. The summed E-state index contributed by atoms with van der Waals surface area (Å²) in [5, 5.41) is 10.9. The van der Waals surface area contributed by atoms with Crippen molar-refractivity contribution >= 4 is 5.96 Å². The maximum atomic E-state index is 5.44. The number of guanidine groups is 1. The van der Waals surface area contributed by atoms with Crippen molar-refractivity contribution in [3.63, 3.8) is 0 Å². The van der Waals surface area contributed by atoms with Crippen LogP contribution in [0.5, 0.6) is 0 Å². The first-order chi connectivity index (χ1) is 13.7. The van der Waals surface area contributed by atoms with Gasteiger partial charge in [0.25, 0.3) is 0 Å². The normalized spacial score (nSPS) is 11.8.